The maximum Gasteiger partial charge on any atom is 0.230 e. The third-order valence-corrected chi connectivity index (χ3v) is 7.35. The molecule has 170 valence electrons. The van der Waals surface area contributed by atoms with E-state index >= 15 is 0 Å². The number of piperazine rings is 1. The average molecular weight is 469 g/mol. The fraction of sp³-hybridized carbons (Fsp3) is 0.636. The van der Waals surface area contributed by atoms with Gasteiger partial charge in [-0.15, -0.1) is 0 Å². The first-order valence-electron chi connectivity index (χ1n) is 11.0. The van der Waals surface area contributed by atoms with Crippen molar-refractivity contribution in [2.75, 3.05) is 49.6 Å². The third-order valence-electron chi connectivity index (χ3n) is 6.51. The number of anilines is 1. The molecule has 2 fully saturated rings. The quantitative estimate of drug-likeness (QED) is 0.658. The van der Waals surface area contributed by atoms with Crippen molar-refractivity contribution in [2.24, 2.45) is 5.92 Å². The highest BCUT2D eigenvalue weighted by Crippen LogP contribution is 2.31. The second kappa shape index (κ2) is 10.4. The molecule has 1 amide bonds. The molecule has 2 heterocycles. The van der Waals surface area contributed by atoms with E-state index in [9.17, 15) is 9.18 Å². The van der Waals surface area contributed by atoms with Crippen LogP contribution in [0.1, 0.15) is 32.1 Å². The molecule has 9 heteroatoms. The van der Waals surface area contributed by atoms with E-state index in [-0.39, 0.29) is 10.9 Å². The van der Waals surface area contributed by atoms with Crippen LogP contribution >= 0.6 is 23.4 Å². The van der Waals surface area contributed by atoms with Gasteiger partial charge in [0.25, 0.3) is 0 Å². The van der Waals surface area contributed by atoms with Crippen molar-refractivity contribution in [3.05, 3.63) is 23.0 Å². The average Bonchev–Trinajstić information content (AvgIpc) is 3.16. The van der Waals surface area contributed by atoms with E-state index in [1.165, 1.54) is 25.3 Å². The number of nitrogens with one attached hydrogen (secondary N) is 1. The van der Waals surface area contributed by atoms with Crippen molar-refractivity contribution in [1.82, 2.24) is 15.4 Å². The standard InChI is InChI=1S/C22H30ClFN4O2S/c1-31-14-21(29)25-16-4-2-15(3-5-16)6-7-27-8-10-28(11-9-27)22-17-12-18(23)19(24)13-20(17)30-26-22/h12-13,15-16H,2-11,14H2,1H3,(H,25,29)/t15-,16-. The number of thioether (sulfide) groups is 1. The Hall–Kier alpha value is -1.51. The summed E-state index contributed by atoms with van der Waals surface area (Å²) in [5, 5.41) is 8.18. The zero-order chi connectivity index (χ0) is 21.8. The van der Waals surface area contributed by atoms with Gasteiger partial charge < -0.3 is 14.7 Å². The molecule has 0 bridgehead atoms. The van der Waals surface area contributed by atoms with Crippen molar-refractivity contribution >= 4 is 46.1 Å². The summed E-state index contributed by atoms with van der Waals surface area (Å²) in [5.74, 6) is 1.74. The molecule has 1 aromatic carbocycles. The fourth-order valence-corrected chi connectivity index (χ4v) is 5.20. The first-order chi connectivity index (χ1) is 15.0. The molecule has 2 aromatic rings. The van der Waals surface area contributed by atoms with E-state index in [4.69, 9.17) is 16.1 Å². The van der Waals surface area contributed by atoms with Gasteiger partial charge in [0.15, 0.2) is 11.4 Å². The molecular weight excluding hydrogens is 439 g/mol. The lowest BCUT2D eigenvalue weighted by atomic mass is 9.84. The summed E-state index contributed by atoms with van der Waals surface area (Å²) in [5.41, 5.74) is 0.430. The second-order valence-electron chi connectivity index (χ2n) is 8.60. The zero-order valence-electron chi connectivity index (χ0n) is 17.9. The lowest BCUT2D eigenvalue weighted by Gasteiger charge is -2.36. The Bertz CT molecular complexity index is 895. The van der Waals surface area contributed by atoms with Crippen LogP contribution in [0.3, 0.4) is 0 Å². The van der Waals surface area contributed by atoms with Gasteiger partial charge in [0.1, 0.15) is 5.82 Å². The number of hydrogen-bond acceptors (Lipinski definition) is 6. The molecule has 1 aromatic heterocycles. The van der Waals surface area contributed by atoms with Crippen molar-refractivity contribution in [3.63, 3.8) is 0 Å². The van der Waals surface area contributed by atoms with Crippen molar-refractivity contribution in [3.8, 4) is 0 Å². The van der Waals surface area contributed by atoms with Crippen molar-refractivity contribution in [1.29, 1.82) is 0 Å². The van der Waals surface area contributed by atoms with Crippen LogP contribution < -0.4 is 10.2 Å². The van der Waals surface area contributed by atoms with Crippen LogP contribution in [0.2, 0.25) is 5.02 Å². The number of halogens is 2. The lowest BCUT2D eigenvalue weighted by molar-refractivity contribution is -0.119. The van der Waals surface area contributed by atoms with E-state index < -0.39 is 5.82 Å². The number of rotatable bonds is 7. The lowest BCUT2D eigenvalue weighted by Crippen LogP contribution is -2.47. The summed E-state index contributed by atoms with van der Waals surface area (Å²) in [6.45, 7) is 4.79. The van der Waals surface area contributed by atoms with E-state index in [0.717, 1.165) is 62.7 Å². The maximum absolute atomic E-state index is 13.6. The van der Waals surface area contributed by atoms with Gasteiger partial charge in [0, 0.05) is 38.3 Å². The van der Waals surface area contributed by atoms with Gasteiger partial charge in [-0.1, -0.05) is 16.8 Å². The number of nitrogens with zero attached hydrogens (tertiary/aromatic N) is 3. The highest BCUT2D eigenvalue weighted by Gasteiger charge is 2.25. The summed E-state index contributed by atoms with van der Waals surface area (Å²) in [6, 6.07) is 3.26. The van der Waals surface area contributed by atoms with Gasteiger partial charge in [-0.3, -0.25) is 9.69 Å². The number of carbonyl (C=O) groups is 1. The highest BCUT2D eigenvalue weighted by molar-refractivity contribution is 7.99. The summed E-state index contributed by atoms with van der Waals surface area (Å²) in [7, 11) is 0. The topological polar surface area (TPSA) is 61.6 Å². The SMILES string of the molecule is CSCC(=O)N[C@H]1CC[C@H](CCN2CCN(c3noc4cc(F)c(Cl)cc34)CC2)CC1. The van der Waals surface area contributed by atoms with Crippen LogP contribution in [0.25, 0.3) is 11.0 Å². The van der Waals surface area contributed by atoms with Crippen LogP contribution in [0.4, 0.5) is 10.2 Å². The number of fused-ring (bicyclic) bond motifs is 1. The predicted molar refractivity (Wildman–Crippen MR) is 125 cm³/mol. The largest absolute Gasteiger partial charge is 0.354 e. The zero-order valence-corrected chi connectivity index (χ0v) is 19.5. The molecule has 1 saturated heterocycles. The van der Waals surface area contributed by atoms with Crippen LogP contribution in [-0.4, -0.2) is 66.7 Å². The Labute approximate surface area is 191 Å². The molecule has 0 radical (unpaired) electrons. The van der Waals surface area contributed by atoms with Gasteiger partial charge >= 0.3 is 0 Å². The van der Waals surface area contributed by atoms with Crippen LogP contribution in [0.15, 0.2) is 16.7 Å². The second-order valence-corrected chi connectivity index (χ2v) is 9.88. The van der Waals surface area contributed by atoms with Gasteiger partial charge in [-0.2, -0.15) is 11.8 Å². The molecule has 1 N–H and O–H groups in total. The Kier molecular flexibility index (Phi) is 7.61. The minimum atomic E-state index is -0.488. The number of hydrogen-bond donors (Lipinski definition) is 1. The summed E-state index contributed by atoms with van der Waals surface area (Å²) in [6.07, 6.45) is 7.77. The molecule has 1 aliphatic carbocycles. The highest BCUT2D eigenvalue weighted by atomic mass is 35.5. The molecule has 2 aliphatic rings. The molecule has 1 saturated carbocycles. The Balaban J connectivity index is 1.20. The molecule has 0 spiro atoms. The van der Waals surface area contributed by atoms with Gasteiger partial charge in [0.05, 0.1) is 16.2 Å². The van der Waals surface area contributed by atoms with Gasteiger partial charge in [-0.05, 0) is 56.9 Å². The molecule has 31 heavy (non-hydrogen) atoms. The smallest absolute Gasteiger partial charge is 0.230 e. The summed E-state index contributed by atoms with van der Waals surface area (Å²) < 4.78 is 18.9. The van der Waals surface area contributed by atoms with Crippen LogP contribution in [0.5, 0.6) is 0 Å². The number of carbonyl (C=O) groups excluding carboxylic acids is 1. The van der Waals surface area contributed by atoms with E-state index in [1.807, 2.05) is 6.26 Å². The van der Waals surface area contributed by atoms with Crippen LogP contribution in [0, 0.1) is 11.7 Å². The first kappa shape index (κ1) is 22.7. The normalized spacial score (nSPS) is 22.7. The Morgan fingerprint density at radius 2 is 2.00 bits per heavy atom. The molecule has 4 rings (SSSR count). The van der Waals surface area contributed by atoms with Crippen molar-refractivity contribution in [2.45, 2.75) is 38.1 Å². The van der Waals surface area contributed by atoms with Gasteiger partial charge in [-0.25, -0.2) is 4.39 Å². The first-order valence-corrected chi connectivity index (χ1v) is 12.8. The fourth-order valence-electron chi connectivity index (χ4n) is 4.69. The van der Waals surface area contributed by atoms with Crippen molar-refractivity contribution < 1.29 is 13.7 Å². The number of benzene rings is 1. The number of amides is 1. The third kappa shape index (κ3) is 5.65. The molecule has 6 nitrogen and oxygen atoms in total. The molecule has 0 atom stereocenters. The van der Waals surface area contributed by atoms with Gasteiger partial charge in [0.2, 0.25) is 5.91 Å². The molecule has 1 aliphatic heterocycles. The summed E-state index contributed by atoms with van der Waals surface area (Å²) >= 11 is 7.52. The van der Waals surface area contributed by atoms with E-state index in [0.29, 0.717) is 17.4 Å². The Morgan fingerprint density at radius 1 is 1.26 bits per heavy atom. The Morgan fingerprint density at radius 3 is 2.71 bits per heavy atom. The monoisotopic (exact) mass is 468 g/mol. The minimum Gasteiger partial charge on any atom is -0.354 e. The van der Waals surface area contributed by atoms with E-state index in [1.54, 1.807) is 17.8 Å². The van der Waals surface area contributed by atoms with E-state index in [2.05, 4.69) is 20.3 Å². The number of aromatic nitrogens is 1. The molecular formula is C22H30ClFN4O2S. The maximum atomic E-state index is 13.6. The minimum absolute atomic E-state index is 0.0918. The van der Waals surface area contributed by atoms with Crippen LogP contribution in [-0.2, 0) is 4.79 Å². The summed E-state index contributed by atoms with van der Waals surface area (Å²) in [4.78, 5) is 16.5. The predicted octanol–water partition coefficient (Wildman–Crippen LogP) is 4.17. The molecule has 0 unspecified atom stereocenters.